The van der Waals surface area contributed by atoms with Crippen molar-refractivity contribution >= 4 is 5.91 Å². The van der Waals surface area contributed by atoms with Gasteiger partial charge in [0, 0.05) is 18.2 Å². The molecule has 0 saturated carbocycles. The van der Waals surface area contributed by atoms with Gasteiger partial charge < -0.3 is 5.32 Å². The molecular formula is C11H13NO. The quantitative estimate of drug-likeness (QED) is 0.514. The van der Waals surface area contributed by atoms with Gasteiger partial charge in [0.1, 0.15) is 0 Å². The van der Waals surface area contributed by atoms with Crippen LogP contribution < -0.4 is 5.32 Å². The Hall–Kier alpha value is -1.75. The van der Waals surface area contributed by atoms with Crippen LogP contribution in [0.1, 0.15) is 13.8 Å². The van der Waals surface area contributed by atoms with Crippen molar-refractivity contribution in [3.63, 3.8) is 0 Å². The van der Waals surface area contributed by atoms with Gasteiger partial charge in [0.15, 0.2) is 0 Å². The van der Waals surface area contributed by atoms with Gasteiger partial charge in [0.25, 0.3) is 0 Å². The monoisotopic (exact) mass is 175 g/mol. The first-order valence-corrected chi connectivity index (χ1v) is 3.83. The third kappa shape index (κ3) is 5.51. The fourth-order valence-corrected chi connectivity index (χ4v) is 0.734. The molecular weight excluding hydrogens is 162 g/mol. The van der Waals surface area contributed by atoms with E-state index < -0.39 is 0 Å². The molecule has 0 radical (unpaired) electrons. The average Bonchev–Trinajstić information content (AvgIpc) is 2.02. The second-order valence-corrected chi connectivity index (χ2v) is 2.39. The molecule has 0 aromatic heterocycles. The molecule has 2 nitrogen and oxygen atoms in total. The zero-order chi connectivity index (χ0) is 10.3. The molecule has 1 N–H and O–H groups in total. The molecule has 0 unspecified atom stereocenters. The maximum absolute atomic E-state index is 10.7. The number of hydrogen-bond donors (Lipinski definition) is 1. The molecule has 0 aromatic carbocycles. The van der Waals surface area contributed by atoms with Crippen LogP contribution in [0.3, 0.4) is 0 Å². The highest BCUT2D eigenvalue weighted by molar-refractivity contribution is 5.75. The van der Waals surface area contributed by atoms with Gasteiger partial charge in [-0.3, -0.25) is 4.79 Å². The fourth-order valence-electron chi connectivity index (χ4n) is 0.734. The maximum Gasteiger partial charge on any atom is 0.221 e. The smallest absolute Gasteiger partial charge is 0.221 e. The lowest BCUT2D eigenvalue weighted by Crippen LogP contribution is -2.17. The van der Waals surface area contributed by atoms with Crippen LogP contribution >= 0.6 is 0 Å². The molecule has 0 aliphatic heterocycles. The summed E-state index contributed by atoms with van der Waals surface area (Å²) in [6.45, 7) is 10.4. The van der Waals surface area contributed by atoms with Crippen LogP contribution in [0.25, 0.3) is 0 Å². The number of nitrogens with one attached hydrogen (secondary N) is 1. The van der Waals surface area contributed by atoms with E-state index in [0.717, 1.165) is 0 Å². The van der Waals surface area contributed by atoms with Gasteiger partial charge in [-0.2, -0.15) is 0 Å². The third-order valence-corrected chi connectivity index (χ3v) is 1.16. The number of rotatable bonds is 3. The van der Waals surface area contributed by atoms with E-state index >= 15 is 0 Å². The van der Waals surface area contributed by atoms with Gasteiger partial charge in [-0.05, 0) is 19.1 Å². The summed E-state index contributed by atoms with van der Waals surface area (Å²) in [5.74, 6) is 5.34. The van der Waals surface area contributed by atoms with Crippen molar-refractivity contribution in [3.8, 4) is 11.8 Å². The van der Waals surface area contributed by atoms with Crippen molar-refractivity contribution in [2.45, 2.75) is 13.8 Å². The van der Waals surface area contributed by atoms with E-state index in [2.05, 4.69) is 30.3 Å². The number of carbonyl (C=O) groups excluding carboxylic acids is 1. The Morgan fingerprint density at radius 2 is 2.15 bits per heavy atom. The molecule has 0 atom stereocenters. The summed E-state index contributed by atoms with van der Waals surface area (Å²) in [6, 6.07) is 0. The van der Waals surface area contributed by atoms with E-state index in [-0.39, 0.29) is 5.91 Å². The standard InChI is InChI=1S/C11H13NO/c1-5-7-9(3)8-11(6-2)12-10(4)13/h6,8H,2-3H2,1,4H3,(H,12,13)/b11-8+. The van der Waals surface area contributed by atoms with Crippen molar-refractivity contribution in [3.05, 3.63) is 36.6 Å². The molecule has 68 valence electrons. The number of carbonyl (C=O) groups is 1. The van der Waals surface area contributed by atoms with Crippen molar-refractivity contribution in [1.29, 1.82) is 0 Å². The summed E-state index contributed by atoms with van der Waals surface area (Å²) in [5.41, 5.74) is 1.26. The SMILES string of the molecule is C=C/C(=C\C(=C)C#CC)NC(C)=O. The lowest BCUT2D eigenvalue weighted by molar-refractivity contribution is -0.118. The van der Waals surface area contributed by atoms with Crippen molar-refractivity contribution in [2.24, 2.45) is 0 Å². The predicted octanol–water partition coefficient (Wildman–Crippen LogP) is 1.77. The van der Waals surface area contributed by atoms with Crippen molar-refractivity contribution in [1.82, 2.24) is 5.32 Å². The lowest BCUT2D eigenvalue weighted by Gasteiger charge is -2.00. The number of hydrogen-bond acceptors (Lipinski definition) is 1. The van der Waals surface area contributed by atoms with Crippen LogP contribution in [0.5, 0.6) is 0 Å². The molecule has 2 heteroatoms. The zero-order valence-corrected chi connectivity index (χ0v) is 7.98. The third-order valence-electron chi connectivity index (χ3n) is 1.16. The minimum absolute atomic E-state index is 0.136. The van der Waals surface area contributed by atoms with Crippen LogP contribution in [0.4, 0.5) is 0 Å². The molecule has 0 spiro atoms. The van der Waals surface area contributed by atoms with Crippen LogP contribution in [0.2, 0.25) is 0 Å². The van der Waals surface area contributed by atoms with Gasteiger partial charge in [0.05, 0.1) is 0 Å². The highest BCUT2D eigenvalue weighted by Gasteiger charge is 1.93. The van der Waals surface area contributed by atoms with E-state index in [9.17, 15) is 4.79 Å². The first kappa shape index (κ1) is 11.2. The summed E-state index contributed by atoms with van der Waals surface area (Å²) < 4.78 is 0. The van der Waals surface area contributed by atoms with Crippen LogP contribution in [-0.4, -0.2) is 5.91 Å². The molecule has 0 saturated heterocycles. The largest absolute Gasteiger partial charge is 0.326 e. The zero-order valence-electron chi connectivity index (χ0n) is 7.98. The van der Waals surface area contributed by atoms with Crippen molar-refractivity contribution < 1.29 is 4.79 Å². The molecule has 0 rings (SSSR count). The van der Waals surface area contributed by atoms with E-state index in [4.69, 9.17) is 0 Å². The molecule has 0 aliphatic rings. The normalized spacial score (nSPS) is 9.54. The minimum Gasteiger partial charge on any atom is -0.326 e. The van der Waals surface area contributed by atoms with E-state index in [1.54, 1.807) is 19.1 Å². The molecule has 0 aromatic rings. The van der Waals surface area contributed by atoms with Crippen LogP contribution in [0.15, 0.2) is 36.6 Å². The summed E-state index contributed by atoms with van der Waals surface area (Å²) >= 11 is 0. The highest BCUT2D eigenvalue weighted by atomic mass is 16.1. The van der Waals surface area contributed by atoms with Crippen LogP contribution in [0, 0.1) is 11.8 Å². The summed E-state index contributed by atoms with van der Waals surface area (Å²) in [4.78, 5) is 10.7. The first-order valence-electron chi connectivity index (χ1n) is 3.83. The summed E-state index contributed by atoms with van der Waals surface area (Å²) in [7, 11) is 0. The fraction of sp³-hybridized carbons (Fsp3) is 0.182. The Morgan fingerprint density at radius 3 is 2.54 bits per heavy atom. The number of allylic oxidation sites excluding steroid dienone is 3. The van der Waals surface area contributed by atoms with Gasteiger partial charge in [-0.15, -0.1) is 5.92 Å². The van der Waals surface area contributed by atoms with Crippen molar-refractivity contribution in [2.75, 3.05) is 0 Å². The summed E-state index contributed by atoms with van der Waals surface area (Å²) in [5, 5.41) is 2.59. The maximum atomic E-state index is 10.7. The Kier molecular flexibility index (Phi) is 5.06. The average molecular weight is 175 g/mol. The summed E-state index contributed by atoms with van der Waals surface area (Å²) in [6.07, 6.45) is 3.22. The Morgan fingerprint density at radius 1 is 1.54 bits per heavy atom. The van der Waals surface area contributed by atoms with E-state index in [1.165, 1.54) is 6.92 Å². The molecule has 13 heavy (non-hydrogen) atoms. The Labute approximate surface area is 79.0 Å². The molecule has 0 fully saturated rings. The Balaban J connectivity index is 4.53. The van der Waals surface area contributed by atoms with Gasteiger partial charge >= 0.3 is 0 Å². The van der Waals surface area contributed by atoms with E-state index in [0.29, 0.717) is 11.3 Å². The highest BCUT2D eigenvalue weighted by Crippen LogP contribution is 1.97. The molecule has 0 aliphatic carbocycles. The molecule has 1 amide bonds. The van der Waals surface area contributed by atoms with Crippen LogP contribution in [-0.2, 0) is 4.79 Å². The first-order chi connectivity index (χ1) is 6.10. The number of amides is 1. The predicted molar refractivity (Wildman–Crippen MR) is 54.7 cm³/mol. The second kappa shape index (κ2) is 5.84. The molecule has 0 bridgehead atoms. The lowest BCUT2D eigenvalue weighted by atomic mass is 10.2. The minimum atomic E-state index is -0.136. The van der Waals surface area contributed by atoms with Gasteiger partial charge in [-0.25, -0.2) is 0 Å². The van der Waals surface area contributed by atoms with Gasteiger partial charge in [0.2, 0.25) is 5.91 Å². The molecule has 0 heterocycles. The van der Waals surface area contributed by atoms with Gasteiger partial charge in [-0.1, -0.05) is 19.1 Å². The Bertz CT molecular complexity index is 313. The topological polar surface area (TPSA) is 29.1 Å². The second-order valence-electron chi connectivity index (χ2n) is 2.39. The van der Waals surface area contributed by atoms with E-state index in [1.807, 2.05) is 0 Å².